The zero-order valence-electron chi connectivity index (χ0n) is 19.4. The number of nitrogens with one attached hydrogen (secondary N) is 1. The molecule has 0 saturated carbocycles. The molecule has 0 aliphatic carbocycles. The van der Waals surface area contributed by atoms with Gasteiger partial charge in [-0.05, 0) is 69.1 Å². The normalized spacial score (nSPS) is 15.2. The van der Waals surface area contributed by atoms with Gasteiger partial charge >= 0.3 is 6.18 Å². The van der Waals surface area contributed by atoms with Crippen molar-refractivity contribution in [3.63, 3.8) is 0 Å². The van der Waals surface area contributed by atoms with E-state index in [4.69, 9.17) is 0 Å². The third kappa shape index (κ3) is 6.38. The van der Waals surface area contributed by atoms with Gasteiger partial charge in [0, 0.05) is 22.5 Å². The summed E-state index contributed by atoms with van der Waals surface area (Å²) in [6, 6.07) is 11.9. The van der Waals surface area contributed by atoms with Crippen LogP contribution in [0, 0.1) is 0 Å². The van der Waals surface area contributed by atoms with Gasteiger partial charge in [-0.2, -0.15) is 13.2 Å². The number of rotatable bonds is 8. The van der Waals surface area contributed by atoms with Gasteiger partial charge in [0.05, 0.1) is 10.6 Å². The van der Waals surface area contributed by atoms with Crippen molar-refractivity contribution in [1.82, 2.24) is 9.88 Å². The highest BCUT2D eigenvalue weighted by atomic mass is 32.1. The molecule has 4 nitrogen and oxygen atoms in total. The maximum Gasteiger partial charge on any atom is 0.416 e. The van der Waals surface area contributed by atoms with E-state index in [1.807, 2.05) is 6.08 Å². The van der Waals surface area contributed by atoms with E-state index in [1.165, 1.54) is 17.4 Å². The van der Waals surface area contributed by atoms with E-state index in [2.05, 4.69) is 21.8 Å². The van der Waals surface area contributed by atoms with Crippen LogP contribution < -0.4 is 5.32 Å². The summed E-state index contributed by atoms with van der Waals surface area (Å²) >= 11 is 1.49. The first kappa shape index (κ1) is 25.1. The third-order valence-electron chi connectivity index (χ3n) is 6.25. The van der Waals surface area contributed by atoms with E-state index in [9.17, 15) is 18.0 Å². The van der Waals surface area contributed by atoms with Crippen LogP contribution >= 0.6 is 11.3 Å². The highest BCUT2D eigenvalue weighted by Gasteiger charge is 2.30. The van der Waals surface area contributed by atoms with Crippen molar-refractivity contribution in [1.29, 1.82) is 0 Å². The quantitative estimate of drug-likeness (QED) is 0.263. The molecule has 1 fully saturated rings. The molecule has 3 aromatic rings. The number of carbonyl (C=O) groups excluding carboxylic acids is 1. The van der Waals surface area contributed by atoms with Crippen LogP contribution in [0.2, 0.25) is 0 Å². The Labute approximate surface area is 207 Å². The van der Waals surface area contributed by atoms with Gasteiger partial charge in [0.15, 0.2) is 0 Å². The molecular formula is C27H28F3N3OS. The summed E-state index contributed by atoms with van der Waals surface area (Å²) in [4.78, 5) is 20.0. The van der Waals surface area contributed by atoms with Crippen molar-refractivity contribution in [3.05, 3.63) is 82.8 Å². The SMILES string of the molecule is C=CCCCN1CCC(c2nc(C(=O)Nc3ccccc3-c3cccc(C(F)(F)F)c3)cs2)CC1. The maximum absolute atomic E-state index is 13.2. The third-order valence-corrected chi connectivity index (χ3v) is 7.26. The lowest BCUT2D eigenvalue weighted by molar-refractivity contribution is -0.137. The Morgan fingerprint density at radius 2 is 1.94 bits per heavy atom. The zero-order chi connectivity index (χ0) is 24.8. The van der Waals surface area contributed by atoms with E-state index in [-0.39, 0.29) is 5.91 Å². The number of hydrogen-bond donors (Lipinski definition) is 1. The van der Waals surface area contributed by atoms with E-state index >= 15 is 0 Å². The lowest BCUT2D eigenvalue weighted by Crippen LogP contribution is -2.33. The average molecular weight is 500 g/mol. The number of alkyl halides is 3. The maximum atomic E-state index is 13.2. The van der Waals surface area contributed by atoms with Crippen molar-refractivity contribution < 1.29 is 18.0 Å². The monoisotopic (exact) mass is 499 g/mol. The van der Waals surface area contributed by atoms with Gasteiger partial charge in [0.2, 0.25) is 0 Å². The van der Waals surface area contributed by atoms with Gasteiger partial charge in [0.1, 0.15) is 5.69 Å². The molecule has 8 heteroatoms. The number of aromatic nitrogens is 1. The molecule has 184 valence electrons. The van der Waals surface area contributed by atoms with Gasteiger partial charge in [-0.15, -0.1) is 17.9 Å². The number of anilines is 1. The first-order valence-corrected chi connectivity index (χ1v) is 12.6. The minimum Gasteiger partial charge on any atom is -0.320 e. The Balaban J connectivity index is 1.43. The molecule has 4 rings (SSSR count). The molecule has 0 radical (unpaired) electrons. The van der Waals surface area contributed by atoms with E-state index < -0.39 is 11.7 Å². The number of para-hydroxylation sites is 1. The molecule has 0 atom stereocenters. The van der Waals surface area contributed by atoms with Gasteiger partial charge in [-0.3, -0.25) is 4.79 Å². The molecule has 35 heavy (non-hydrogen) atoms. The molecule has 2 aromatic carbocycles. The molecule has 0 unspecified atom stereocenters. The summed E-state index contributed by atoms with van der Waals surface area (Å²) in [5, 5.41) is 5.57. The molecule has 0 spiro atoms. The number of thiazole rings is 1. The van der Waals surface area contributed by atoms with E-state index in [0.29, 0.717) is 28.4 Å². The largest absolute Gasteiger partial charge is 0.416 e. The van der Waals surface area contributed by atoms with Crippen molar-refractivity contribution in [2.24, 2.45) is 0 Å². The minimum atomic E-state index is -4.44. The Morgan fingerprint density at radius 1 is 1.17 bits per heavy atom. The predicted octanol–water partition coefficient (Wildman–Crippen LogP) is 7.23. The molecule has 1 aromatic heterocycles. The Kier molecular flexibility index (Phi) is 8.03. The van der Waals surface area contributed by atoms with Crippen molar-refractivity contribution in [2.75, 3.05) is 25.0 Å². The predicted molar refractivity (Wildman–Crippen MR) is 135 cm³/mol. The number of amides is 1. The number of benzene rings is 2. The molecule has 1 N–H and O–H groups in total. The number of hydrogen-bond acceptors (Lipinski definition) is 4. The van der Waals surface area contributed by atoms with E-state index in [1.54, 1.807) is 35.7 Å². The van der Waals surface area contributed by atoms with Crippen molar-refractivity contribution in [2.45, 2.75) is 37.8 Å². The molecule has 1 saturated heterocycles. The number of unbranched alkanes of at least 4 members (excludes halogenated alkanes) is 1. The molecule has 1 aliphatic heterocycles. The number of halogens is 3. The Morgan fingerprint density at radius 3 is 2.69 bits per heavy atom. The van der Waals surface area contributed by atoms with Crippen LogP contribution in [0.25, 0.3) is 11.1 Å². The first-order chi connectivity index (χ1) is 16.8. The van der Waals surface area contributed by atoms with Crippen LogP contribution in [-0.2, 0) is 6.18 Å². The fourth-order valence-electron chi connectivity index (χ4n) is 4.34. The van der Waals surface area contributed by atoms with Crippen LogP contribution in [0.3, 0.4) is 0 Å². The fourth-order valence-corrected chi connectivity index (χ4v) is 5.31. The Hall–Kier alpha value is -2.97. The highest BCUT2D eigenvalue weighted by Crippen LogP contribution is 2.35. The van der Waals surface area contributed by atoms with Crippen LogP contribution in [0.4, 0.5) is 18.9 Å². The minimum absolute atomic E-state index is 0.331. The lowest BCUT2D eigenvalue weighted by atomic mass is 9.97. The second-order valence-corrected chi connectivity index (χ2v) is 9.59. The lowest BCUT2D eigenvalue weighted by Gasteiger charge is -2.30. The summed E-state index contributed by atoms with van der Waals surface area (Å²) in [5.41, 5.74) is 0.948. The number of allylic oxidation sites excluding steroid dienone is 1. The average Bonchev–Trinajstić information content (AvgIpc) is 3.35. The second kappa shape index (κ2) is 11.2. The molecule has 2 heterocycles. The number of likely N-dealkylation sites (tertiary alicyclic amines) is 1. The van der Waals surface area contributed by atoms with Gasteiger partial charge in [-0.25, -0.2) is 4.98 Å². The van der Waals surface area contributed by atoms with Gasteiger partial charge in [0.25, 0.3) is 5.91 Å². The molecule has 0 bridgehead atoms. The molecule has 1 amide bonds. The van der Waals surface area contributed by atoms with Crippen LogP contribution in [0.15, 0.2) is 66.6 Å². The Bertz CT molecular complexity index is 1170. The van der Waals surface area contributed by atoms with Crippen LogP contribution in [-0.4, -0.2) is 35.4 Å². The summed E-state index contributed by atoms with van der Waals surface area (Å²) in [6.45, 7) is 6.89. The van der Waals surface area contributed by atoms with Gasteiger partial charge < -0.3 is 10.2 Å². The smallest absolute Gasteiger partial charge is 0.320 e. The first-order valence-electron chi connectivity index (χ1n) is 11.7. The summed E-state index contributed by atoms with van der Waals surface area (Å²) in [7, 11) is 0. The number of nitrogens with zero attached hydrogens (tertiary/aromatic N) is 2. The topological polar surface area (TPSA) is 45.2 Å². The summed E-state index contributed by atoms with van der Waals surface area (Å²) in [6.07, 6.45) is 1.70. The highest BCUT2D eigenvalue weighted by molar-refractivity contribution is 7.10. The number of piperidine rings is 1. The van der Waals surface area contributed by atoms with Crippen molar-refractivity contribution >= 4 is 22.9 Å². The van der Waals surface area contributed by atoms with Gasteiger partial charge in [-0.1, -0.05) is 36.4 Å². The summed E-state index contributed by atoms with van der Waals surface area (Å²) in [5.74, 6) is -0.0246. The van der Waals surface area contributed by atoms with Crippen molar-refractivity contribution in [3.8, 4) is 11.1 Å². The van der Waals surface area contributed by atoms with Crippen LogP contribution in [0.1, 0.15) is 52.7 Å². The second-order valence-electron chi connectivity index (χ2n) is 8.70. The standard InChI is InChI=1S/C27H28F3N3OS/c1-2-3-6-14-33-15-12-19(13-16-33)26-32-24(18-35-26)25(34)31-23-11-5-4-10-22(23)20-8-7-9-21(17-20)27(28,29)30/h2,4-5,7-11,17-19H,1,3,6,12-16H2,(H,31,34). The fraction of sp³-hybridized carbons (Fsp3) is 0.333. The molecular weight excluding hydrogens is 471 g/mol. The van der Waals surface area contributed by atoms with E-state index in [0.717, 1.165) is 62.5 Å². The zero-order valence-corrected chi connectivity index (χ0v) is 20.2. The van der Waals surface area contributed by atoms with Crippen LogP contribution in [0.5, 0.6) is 0 Å². The molecule has 1 aliphatic rings. The summed E-state index contributed by atoms with van der Waals surface area (Å²) < 4.78 is 39.5. The number of carbonyl (C=O) groups is 1.